The van der Waals surface area contributed by atoms with E-state index in [1.165, 1.54) is 22.0 Å². The fraction of sp³-hybridized carbons (Fsp3) is 0.500. The SMILES string of the molecule is Cc1ccc2c(CCNC(=O)N3C[C@@H]4COC[C@]4(C(=O)O)C3)cn(C)c2c1. The summed E-state index contributed by atoms with van der Waals surface area (Å²) in [6.07, 6.45) is 2.84. The van der Waals surface area contributed by atoms with Crippen LogP contribution in [0.4, 0.5) is 4.79 Å². The average Bonchev–Trinajstić information content (AvgIpc) is 3.26. The third-order valence-corrected chi connectivity index (χ3v) is 5.99. The van der Waals surface area contributed by atoms with Crippen molar-refractivity contribution in [1.82, 2.24) is 14.8 Å². The second kappa shape index (κ2) is 6.56. The van der Waals surface area contributed by atoms with Crippen LogP contribution in [-0.2, 0) is 23.0 Å². The number of aliphatic carboxylic acids is 1. The van der Waals surface area contributed by atoms with Crippen LogP contribution in [-0.4, -0.2) is 59.4 Å². The number of benzene rings is 1. The van der Waals surface area contributed by atoms with Crippen LogP contribution >= 0.6 is 0 Å². The molecule has 27 heavy (non-hydrogen) atoms. The van der Waals surface area contributed by atoms with Crippen LogP contribution < -0.4 is 5.32 Å². The van der Waals surface area contributed by atoms with Gasteiger partial charge in [0.25, 0.3) is 0 Å². The van der Waals surface area contributed by atoms with E-state index in [1.807, 2.05) is 7.05 Å². The molecule has 7 heteroatoms. The van der Waals surface area contributed by atoms with Crippen LogP contribution in [0.3, 0.4) is 0 Å². The van der Waals surface area contributed by atoms with E-state index in [-0.39, 0.29) is 25.1 Å². The smallest absolute Gasteiger partial charge is 0.317 e. The molecule has 2 aromatic rings. The largest absolute Gasteiger partial charge is 0.481 e. The number of nitrogens with one attached hydrogen (secondary N) is 1. The molecule has 0 radical (unpaired) electrons. The maximum absolute atomic E-state index is 12.5. The molecule has 1 aromatic heterocycles. The lowest BCUT2D eigenvalue weighted by molar-refractivity contribution is -0.149. The number of carbonyl (C=O) groups excluding carboxylic acids is 1. The Kier molecular flexibility index (Phi) is 4.34. The highest BCUT2D eigenvalue weighted by Crippen LogP contribution is 2.41. The molecule has 0 spiro atoms. The number of likely N-dealkylation sites (tertiary alicyclic amines) is 1. The first kappa shape index (κ1) is 17.9. The highest BCUT2D eigenvalue weighted by molar-refractivity contribution is 5.85. The van der Waals surface area contributed by atoms with E-state index in [4.69, 9.17) is 4.74 Å². The summed E-state index contributed by atoms with van der Waals surface area (Å²) in [5, 5.41) is 13.7. The zero-order chi connectivity index (χ0) is 19.2. The van der Waals surface area contributed by atoms with Crippen LogP contribution in [0.5, 0.6) is 0 Å². The summed E-state index contributed by atoms with van der Waals surface area (Å²) in [6.45, 7) is 3.84. The van der Waals surface area contributed by atoms with Crippen molar-refractivity contribution in [3.63, 3.8) is 0 Å². The Balaban J connectivity index is 1.38. The molecule has 2 amide bonds. The molecule has 2 aliphatic heterocycles. The Morgan fingerprint density at radius 3 is 2.96 bits per heavy atom. The van der Waals surface area contributed by atoms with Gasteiger partial charge < -0.3 is 24.6 Å². The normalized spacial score (nSPS) is 24.4. The van der Waals surface area contributed by atoms with E-state index in [2.05, 4.69) is 41.2 Å². The van der Waals surface area contributed by atoms with E-state index in [0.717, 1.165) is 6.42 Å². The summed E-state index contributed by atoms with van der Waals surface area (Å²) in [4.78, 5) is 25.8. The average molecular weight is 371 g/mol. The van der Waals surface area contributed by atoms with Gasteiger partial charge in [-0.05, 0) is 30.5 Å². The quantitative estimate of drug-likeness (QED) is 0.858. The minimum Gasteiger partial charge on any atom is -0.481 e. The number of ether oxygens (including phenoxy) is 1. The summed E-state index contributed by atoms with van der Waals surface area (Å²) in [5.41, 5.74) is 2.67. The van der Waals surface area contributed by atoms with E-state index in [9.17, 15) is 14.7 Å². The molecule has 0 unspecified atom stereocenters. The number of aryl methyl sites for hydroxylation is 2. The van der Waals surface area contributed by atoms with Gasteiger partial charge in [0.1, 0.15) is 5.41 Å². The maximum atomic E-state index is 12.5. The highest BCUT2D eigenvalue weighted by atomic mass is 16.5. The molecule has 2 N–H and O–H groups in total. The van der Waals surface area contributed by atoms with Gasteiger partial charge in [0.05, 0.1) is 13.2 Å². The number of urea groups is 1. The zero-order valence-corrected chi connectivity index (χ0v) is 15.7. The fourth-order valence-electron chi connectivity index (χ4n) is 4.39. The van der Waals surface area contributed by atoms with Gasteiger partial charge in [-0.25, -0.2) is 4.79 Å². The molecular weight excluding hydrogens is 346 g/mol. The Morgan fingerprint density at radius 1 is 1.41 bits per heavy atom. The van der Waals surface area contributed by atoms with Crippen molar-refractivity contribution in [3.8, 4) is 0 Å². The minimum absolute atomic E-state index is 0.123. The first-order valence-corrected chi connectivity index (χ1v) is 9.29. The van der Waals surface area contributed by atoms with Crippen molar-refractivity contribution in [1.29, 1.82) is 0 Å². The summed E-state index contributed by atoms with van der Waals surface area (Å²) >= 11 is 0. The number of hydrogen-bond acceptors (Lipinski definition) is 3. The first-order chi connectivity index (χ1) is 12.9. The Labute approximate surface area is 157 Å². The third kappa shape index (κ3) is 2.96. The molecule has 3 heterocycles. The van der Waals surface area contributed by atoms with Crippen LogP contribution in [0.1, 0.15) is 11.1 Å². The van der Waals surface area contributed by atoms with Crippen molar-refractivity contribution in [2.45, 2.75) is 13.3 Å². The van der Waals surface area contributed by atoms with E-state index >= 15 is 0 Å². The number of carbonyl (C=O) groups is 2. The molecule has 2 fully saturated rings. The standard InChI is InChI=1S/C20H25N3O4/c1-13-3-4-16-14(8-22(2)17(16)7-13)5-6-21-19(26)23-9-15-10-27-12-20(15,11-23)18(24)25/h3-4,7-8,15H,5-6,9-12H2,1-2H3,(H,21,26)(H,24,25)/t15-,20-/m1/s1. The summed E-state index contributed by atoms with van der Waals surface area (Å²) < 4.78 is 7.46. The van der Waals surface area contributed by atoms with Crippen molar-refractivity contribution in [2.24, 2.45) is 18.4 Å². The Bertz CT molecular complexity index is 906. The molecule has 2 saturated heterocycles. The van der Waals surface area contributed by atoms with Crippen molar-refractivity contribution in [3.05, 3.63) is 35.5 Å². The van der Waals surface area contributed by atoms with Crippen molar-refractivity contribution in [2.75, 3.05) is 32.8 Å². The second-order valence-electron chi connectivity index (χ2n) is 7.82. The predicted octanol–water partition coefficient (Wildman–Crippen LogP) is 1.77. The third-order valence-electron chi connectivity index (χ3n) is 5.99. The molecule has 2 aliphatic rings. The molecule has 144 valence electrons. The maximum Gasteiger partial charge on any atom is 0.317 e. The summed E-state index contributed by atoms with van der Waals surface area (Å²) in [6, 6.07) is 6.19. The topological polar surface area (TPSA) is 83.8 Å². The molecule has 2 atom stereocenters. The lowest BCUT2D eigenvalue weighted by Gasteiger charge is -2.22. The lowest BCUT2D eigenvalue weighted by Crippen LogP contribution is -2.43. The van der Waals surface area contributed by atoms with Gasteiger partial charge in [-0.3, -0.25) is 4.79 Å². The molecule has 1 aromatic carbocycles. The van der Waals surface area contributed by atoms with Gasteiger partial charge in [0.2, 0.25) is 0 Å². The van der Waals surface area contributed by atoms with Crippen LogP contribution in [0.2, 0.25) is 0 Å². The van der Waals surface area contributed by atoms with Gasteiger partial charge in [-0.15, -0.1) is 0 Å². The number of rotatable bonds is 4. The van der Waals surface area contributed by atoms with E-state index in [0.29, 0.717) is 19.7 Å². The molecule has 4 rings (SSSR count). The summed E-state index contributed by atoms with van der Waals surface area (Å²) in [7, 11) is 2.03. The number of carboxylic acids is 1. The van der Waals surface area contributed by atoms with E-state index < -0.39 is 11.4 Å². The Morgan fingerprint density at radius 2 is 2.22 bits per heavy atom. The van der Waals surface area contributed by atoms with Gasteiger partial charge in [0, 0.05) is 49.7 Å². The number of nitrogens with zero attached hydrogens (tertiary/aromatic N) is 2. The number of hydrogen-bond donors (Lipinski definition) is 2. The lowest BCUT2D eigenvalue weighted by atomic mass is 9.81. The Hall–Kier alpha value is -2.54. The van der Waals surface area contributed by atoms with Crippen LogP contribution in [0.15, 0.2) is 24.4 Å². The zero-order valence-electron chi connectivity index (χ0n) is 15.7. The number of aromatic nitrogens is 1. The van der Waals surface area contributed by atoms with Gasteiger partial charge in [0.15, 0.2) is 0 Å². The predicted molar refractivity (Wildman–Crippen MR) is 101 cm³/mol. The van der Waals surface area contributed by atoms with Gasteiger partial charge in [-0.2, -0.15) is 0 Å². The second-order valence-corrected chi connectivity index (χ2v) is 7.82. The van der Waals surface area contributed by atoms with Crippen LogP contribution in [0.25, 0.3) is 10.9 Å². The number of amides is 2. The van der Waals surface area contributed by atoms with Crippen molar-refractivity contribution < 1.29 is 19.4 Å². The minimum atomic E-state index is -0.940. The van der Waals surface area contributed by atoms with Crippen LogP contribution in [0, 0.1) is 18.3 Å². The van der Waals surface area contributed by atoms with Crippen molar-refractivity contribution >= 4 is 22.9 Å². The number of fused-ring (bicyclic) bond motifs is 2. The molecule has 0 aliphatic carbocycles. The van der Waals surface area contributed by atoms with Gasteiger partial charge in [-0.1, -0.05) is 12.1 Å². The fourth-order valence-corrected chi connectivity index (χ4v) is 4.39. The van der Waals surface area contributed by atoms with E-state index in [1.54, 1.807) is 4.90 Å². The monoisotopic (exact) mass is 371 g/mol. The molecular formula is C20H25N3O4. The first-order valence-electron chi connectivity index (χ1n) is 9.29. The molecule has 0 bridgehead atoms. The summed E-state index contributed by atoms with van der Waals surface area (Å²) in [5.74, 6) is -0.992. The van der Waals surface area contributed by atoms with Gasteiger partial charge >= 0.3 is 12.0 Å². The number of carboxylic acid groups (broad SMARTS) is 1. The highest BCUT2D eigenvalue weighted by Gasteiger charge is 2.57. The molecule has 7 nitrogen and oxygen atoms in total. The molecule has 0 saturated carbocycles.